The maximum Gasteiger partial charge on any atom is 0.244 e. The average molecular weight is 275 g/mol. The van der Waals surface area contributed by atoms with E-state index in [2.05, 4.69) is 15.5 Å². The van der Waals surface area contributed by atoms with Gasteiger partial charge in [0.1, 0.15) is 12.9 Å². The third kappa shape index (κ3) is 3.39. The second kappa shape index (κ2) is 6.65. The lowest BCUT2D eigenvalue weighted by atomic mass is 9.97. The SMILES string of the molecule is CC(N)C1CCCCN1C(=O)Cn1cnnn1.Cl. The fourth-order valence-electron chi connectivity index (χ4n) is 2.30. The smallest absolute Gasteiger partial charge is 0.244 e. The van der Waals surface area contributed by atoms with E-state index in [1.807, 2.05) is 11.8 Å². The largest absolute Gasteiger partial charge is 0.337 e. The third-order valence-corrected chi connectivity index (χ3v) is 3.17. The molecule has 1 saturated heterocycles. The van der Waals surface area contributed by atoms with E-state index in [0.717, 1.165) is 25.8 Å². The summed E-state index contributed by atoms with van der Waals surface area (Å²) in [6, 6.07) is 0.154. The lowest BCUT2D eigenvalue weighted by molar-refractivity contribution is -0.136. The number of nitrogens with zero attached hydrogens (tertiary/aromatic N) is 5. The van der Waals surface area contributed by atoms with Gasteiger partial charge in [-0.3, -0.25) is 4.79 Å². The number of nitrogens with two attached hydrogens (primary N) is 1. The zero-order valence-electron chi connectivity index (χ0n) is 10.4. The number of carbonyl (C=O) groups is 1. The average Bonchev–Trinajstić information content (AvgIpc) is 2.81. The van der Waals surface area contributed by atoms with Crippen LogP contribution in [-0.4, -0.2) is 49.6 Å². The normalized spacial score (nSPS) is 21.2. The number of piperidine rings is 1. The highest BCUT2D eigenvalue weighted by Gasteiger charge is 2.29. The van der Waals surface area contributed by atoms with Crippen LogP contribution in [0.25, 0.3) is 0 Å². The van der Waals surface area contributed by atoms with Gasteiger partial charge in [0.05, 0.1) is 0 Å². The van der Waals surface area contributed by atoms with E-state index < -0.39 is 0 Å². The van der Waals surface area contributed by atoms with Gasteiger partial charge >= 0.3 is 0 Å². The van der Waals surface area contributed by atoms with Gasteiger partial charge in [0, 0.05) is 18.6 Å². The zero-order valence-corrected chi connectivity index (χ0v) is 11.2. The summed E-state index contributed by atoms with van der Waals surface area (Å²) >= 11 is 0. The number of carbonyl (C=O) groups excluding carboxylic acids is 1. The molecular weight excluding hydrogens is 256 g/mol. The Bertz CT molecular complexity index is 368. The zero-order chi connectivity index (χ0) is 12.3. The van der Waals surface area contributed by atoms with Gasteiger partial charge in [-0.15, -0.1) is 17.5 Å². The predicted octanol–water partition coefficient (Wildman–Crippen LogP) is -0.177. The quantitative estimate of drug-likeness (QED) is 0.826. The van der Waals surface area contributed by atoms with Gasteiger partial charge in [0.25, 0.3) is 0 Å². The van der Waals surface area contributed by atoms with Crippen molar-refractivity contribution in [2.75, 3.05) is 6.54 Å². The predicted molar refractivity (Wildman–Crippen MR) is 68.1 cm³/mol. The molecule has 8 heteroatoms. The summed E-state index contributed by atoms with van der Waals surface area (Å²) in [5.74, 6) is 0.0410. The van der Waals surface area contributed by atoms with Crippen molar-refractivity contribution in [3.8, 4) is 0 Å². The molecule has 0 saturated carbocycles. The Kier molecular flexibility index (Phi) is 5.49. The van der Waals surface area contributed by atoms with Crippen molar-refractivity contribution >= 4 is 18.3 Å². The van der Waals surface area contributed by atoms with Gasteiger partial charge in [0.15, 0.2) is 0 Å². The Morgan fingerprint density at radius 1 is 1.56 bits per heavy atom. The van der Waals surface area contributed by atoms with Crippen LogP contribution >= 0.6 is 12.4 Å². The number of hydrogen-bond donors (Lipinski definition) is 1. The summed E-state index contributed by atoms with van der Waals surface area (Å²) in [5, 5.41) is 10.7. The van der Waals surface area contributed by atoms with E-state index in [4.69, 9.17) is 5.73 Å². The Balaban J connectivity index is 0.00000162. The first-order chi connectivity index (χ1) is 8.18. The minimum Gasteiger partial charge on any atom is -0.337 e. The summed E-state index contributed by atoms with van der Waals surface area (Å²) in [7, 11) is 0. The number of halogens is 1. The molecule has 2 unspecified atom stereocenters. The van der Waals surface area contributed by atoms with Crippen LogP contribution in [0.15, 0.2) is 6.33 Å². The fraction of sp³-hybridized carbons (Fsp3) is 0.800. The van der Waals surface area contributed by atoms with Crippen molar-refractivity contribution < 1.29 is 4.79 Å². The fourth-order valence-corrected chi connectivity index (χ4v) is 2.30. The summed E-state index contributed by atoms with van der Waals surface area (Å²) in [6.45, 7) is 2.93. The topological polar surface area (TPSA) is 89.9 Å². The van der Waals surface area contributed by atoms with E-state index >= 15 is 0 Å². The third-order valence-electron chi connectivity index (χ3n) is 3.17. The van der Waals surface area contributed by atoms with Crippen molar-refractivity contribution in [1.82, 2.24) is 25.1 Å². The molecule has 1 amide bonds. The van der Waals surface area contributed by atoms with E-state index in [1.54, 1.807) is 0 Å². The molecule has 0 aliphatic carbocycles. The van der Waals surface area contributed by atoms with E-state index in [1.165, 1.54) is 11.0 Å². The Labute approximate surface area is 112 Å². The molecule has 0 bridgehead atoms. The molecule has 2 N–H and O–H groups in total. The first kappa shape index (κ1) is 14.8. The lowest BCUT2D eigenvalue weighted by Crippen LogP contribution is -2.52. The second-order valence-corrected chi connectivity index (χ2v) is 4.52. The maximum atomic E-state index is 12.1. The minimum atomic E-state index is 0. The molecule has 0 radical (unpaired) electrons. The van der Waals surface area contributed by atoms with Crippen LogP contribution in [0.4, 0.5) is 0 Å². The number of hydrogen-bond acceptors (Lipinski definition) is 5. The highest BCUT2D eigenvalue weighted by atomic mass is 35.5. The van der Waals surface area contributed by atoms with Crippen LogP contribution in [0.2, 0.25) is 0 Å². The van der Waals surface area contributed by atoms with Crippen LogP contribution < -0.4 is 5.73 Å². The summed E-state index contributed by atoms with van der Waals surface area (Å²) < 4.78 is 1.44. The summed E-state index contributed by atoms with van der Waals surface area (Å²) in [6.07, 6.45) is 4.62. The van der Waals surface area contributed by atoms with Gasteiger partial charge in [-0.1, -0.05) is 0 Å². The number of amides is 1. The molecular formula is C10H19ClN6O. The molecule has 0 spiro atoms. The van der Waals surface area contributed by atoms with Crippen molar-refractivity contribution in [2.45, 2.75) is 44.8 Å². The summed E-state index contributed by atoms with van der Waals surface area (Å²) in [5.41, 5.74) is 5.93. The molecule has 1 aromatic rings. The van der Waals surface area contributed by atoms with Crippen LogP contribution in [0, 0.1) is 0 Å². The van der Waals surface area contributed by atoms with Gasteiger partial charge < -0.3 is 10.6 Å². The molecule has 2 atom stereocenters. The molecule has 7 nitrogen and oxygen atoms in total. The maximum absolute atomic E-state index is 12.1. The molecule has 102 valence electrons. The number of likely N-dealkylation sites (tertiary alicyclic amines) is 1. The molecule has 2 heterocycles. The number of aromatic nitrogens is 4. The molecule has 0 aromatic carbocycles. The van der Waals surface area contributed by atoms with Crippen molar-refractivity contribution in [3.63, 3.8) is 0 Å². The van der Waals surface area contributed by atoms with Crippen LogP contribution in [0.1, 0.15) is 26.2 Å². The Morgan fingerprint density at radius 3 is 2.94 bits per heavy atom. The number of rotatable bonds is 3. The minimum absolute atomic E-state index is 0. The van der Waals surface area contributed by atoms with Crippen molar-refractivity contribution in [3.05, 3.63) is 6.33 Å². The van der Waals surface area contributed by atoms with Crippen LogP contribution in [-0.2, 0) is 11.3 Å². The lowest BCUT2D eigenvalue weighted by Gasteiger charge is -2.38. The second-order valence-electron chi connectivity index (χ2n) is 4.52. The van der Waals surface area contributed by atoms with Crippen LogP contribution in [0.3, 0.4) is 0 Å². The van der Waals surface area contributed by atoms with E-state index in [0.29, 0.717) is 0 Å². The standard InChI is InChI=1S/C10H18N6O.ClH/c1-8(11)9-4-2-3-5-16(9)10(17)6-15-7-12-13-14-15;/h7-9H,2-6,11H2,1H3;1H. The highest BCUT2D eigenvalue weighted by molar-refractivity contribution is 5.85. The summed E-state index contributed by atoms with van der Waals surface area (Å²) in [4.78, 5) is 14.0. The van der Waals surface area contributed by atoms with E-state index in [9.17, 15) is 4.79 Å². The molecule has 1 fully saturated rings. The van der Waals surface area contributed by atoms with Crippen molar-refractivity contribution in [1.29, 1.82) is 0 Å². The molecule has 18 heavy (non-hydrogen) atoms. The first-order valence-electron chi connectivity index (χ1n) is 5.94. The first-order valence-corrected chi connectivity index (χ1v) is 5.94. The van der Waals surface area contributed by atoms with E-state index in [-0.39, 0.29) is 36.9 Å². The Hall–Kier alpha value is -1.21. The van der Waals surface area contributed by atoms with Gasteiger partial charge in [0.2, 0.25) is 5.91 Å². The molecule has 1 aromatic heterocycles. The molecule has 1 aliphatic heterocycles. The van der Waals surface area contributed by atoms with Gasteiger partial charge in [-0.05, 0) is 36.6 Å². The van der Waals surface area contributed by atoms with Crippen LogP contribution in [0.5, 0.6) is 0 Å². The number of tetrazole rings is 1. The van der Waals surface area contributed by atoms with Crippen molar-refractivity contribution in [2.24, 2.45) is 5.73 Å². The molecule has 2 rings (SSSR count). The van der Waals surface area contributed by atoms with Gasteiger partial charge in [-0.2, -0.15) is 0 Å². The van der Waals surface area contributed by atoms with Gasteiger partial charge in [-0.25, -0.2) is 4.68 Å². The monoisotopic (exact) mass is 274 g/mol. The Morgan fingerprint density at radius 2 is 2.33 bits per heavy atom. The molecule has 1 aliphatic rings. The highest BCUT2D eigenvalue weighted by Crippen LogP contribution is 2.19.